The zero-order valence-electron chi connectivity index (χ0n) is 23.4. The van der Waals surface area contributed by atoms with Gasteiger partial charge in [-0.05, 0) is 67.9 Å². The van der Waals surface area contributed by atoms with Crippen LogP contribution in [0.15, 0.2) is 59.8 Å². The molecule has 2 aliphatic heterocycles. The fourth-order valence-electron chi connectivity index (χ4n) is 5.82. The van der Waals surface area contributed by atoms with Gasteiger partial charge in [0.15, 0.2) is 0 Å². The van der Waals surface area contributed by atoms with Crippen LogP contribution in [0.3, 0.4) is 0 Å². The SMILES string of the molecule is CN1CCC2C(C1)C(C(F)(F)F)=NN2CC(=O)N[C@@H](Cc1cc(F)cc(F)c1)c1ncccc1-c1ccc(F)c(C(N)=O)c1. The molecule has 0 spiro atoms. The van der Waals surface area contributed by atoms with Crippen LogP contribution in [0.25, 0.3) is 11.1 Å². The average Bonchev–Trinajstić information content (AvgIpc) is 3.30. The Morgan fingerprint density at radius 2 is 1.82 bits per heavy atom. The van der Waals surface area contributed by atoms with Gasteiger partial charge in [-0.3, -0.25) is 19.6 Å². The lowest BCUT2D eigenvalue weighted by Crippen LogP contribution is -2.50. The zero-order valence-corrected chi connectivity index (χ0v) is 23.4. The summed E-state index contributed by atoms with van der Waals surface area (Å²) in [6.45, 7) is 0.149. The maximum atomic E-state index is 14.2. The number of pyridine rings is 1. The van der Waals surface area contributed by atoms with Crippen molar-refractivity contribution in [1.29, 1.82) is 0 Å². The molecule has 1 saturated heterocycles. The minimum Gasteiger partial charge on any atom is -0.366 e. The van der Waals surface area contributed by atoms with E-state index >= 15 is 0 Å². The fourth-order valence-corrected chi connectivity index (χ4v) is 5.82. The molecule has 0 bridgehead atoms. The number of aromatic nitrogens is 1. The van der Waals surface area contributed by atoms with E-state index in [4.69, 9.17) is 5.73 Å². The van der Waals surface area contributed by atoms with Crippen molar-refractivity contribution in [2.75, 3.05) is 26.7 Å². The van der Waals surface area contributed by atoms with Crippen LogP contribution in [-0.4, -0.2) is 71.3 Å². The predicted molar refractivity (Wildman–Crippen MR) is 149 cm³/mol. The summed E-state index contributed by atoms with van der Waals surface area (Å²) in [6, 6.07) is 7.95. The van der Waals surface area contributed by atoms with E-state index in [1.807, 2.05) is 0 Å². The number of amides is 2. The normalized spacial score (nSPS) is 19.3. The number of nitrogens with two attached hydrogens (primary N) is 1. The quantitative estimate of drug-likeness (QED) is 0.368. The molecule has 1 fully saturated rings. The number of rotatable bonds is 8. The van der Waals surface area contributed by atoms with Crippen molar-refractivity contribution in [2.24, 2.45) is 16.8 Å². The topological polar surface area (TPSA) is 104 Å². The largest absolute Gasteiger partial charge is 0.431 e. The zero-order chi connectivity index (χ0) is 31.8. The van der Waals surface area contributed by atoms with Gasteiger partial charge < -0.3 is 16.0 Å². The van der Waals surface area contributed by atoms with Crippen molar-refractivity contribution in [3.8, 4) is 11.1 Å². The first-order chi connectivity index (χ1) is 20.8. The Morgan fingerprint density at radius 1 is 1.09 bits per heavy atom. The number of hydrazone groups is 1. The molecule has 232 valence electrons. The molecule has 2 aromatic carbocycles. The highest BCUT2D eigenvalue weighted by molar-refractivity contribution is 5.95. The molecule has 2 aliphatic rings. The second kappa shape index (κ2) is 12.3. The first-order valence-corrected chi connectivity index (χ1v) is 13.7. The molecule has 8 nitrogen and oxygen atoms in total. The summed E-state index contributed by atoms with van der Waals surface area (Å²) >= 11 is 0. The maximum Gasteiger partial charge on any atom is 0.431 e. The molecule has 5 rings (SSSR count). The van der Waals surface area contributed by atoms with E-state index in [0.717, 1.165) is 23.2 Å². The van der Waals surface area contributed by atoms with Crippen LogP contribution in [0.4, 0.5) is 26.3 Å². The van der Waals surface area contributed by atoms with Gasteiger partial charge >= 0.3 is 6.18 Å². The van der Waals surface area contributed by atoms with E-state index in [1.54, 1.807) is 24.1 Å². The third-order valence-corrected chi connectivity index (χ3v) is 7.75. The molecular weight excluding hydrogens is 590 g/mol. The third-order valence-electron chi connectivity index (χ3n) is 7.75. The van der Waals surface area contributed by atoms with Gasteiger partial charge in [0.05, 0.1) is 23.3 Å². The number of nitrogens with zero attached hydrogens (tertiary/aromatic N) is 4. The van der Waals surface area contributed by atoms with E-state index in [2.05, 4.69) is 15.4 Å². The molecule has 3 atom stereocenters. The van der Waals surface area contributed by atoms with E-state index in [9.17, 15) is 35.9 Å². The number of fused-ring (bicyclic) bond motifs is 1. The van der Waals surface area contributed by atoms with Gasteiger partial charge in [0, 0.05) is 30.3 Å². The fraction of sp³-hybridized carbons (Fsp3) is 0.333. The summed E-state index contributed by atoms with van der Waals surface area (Å²) in [4.78, 5) is 31.4. The van der Waals surface area contributed by atoms with E-state index in [1.165, 1.54) is 18.3 Å². The molecule has 0 saturated carbocycles. The lowest BCUT2D eigenvalue weighted by atomic mass is 9.89. The van der Waals surface area contributed by atoms with E-state index in [0.29, 0.717) is 30.2 Å². The molecule has 2 unspecified atom stereocenters. The highest BCUT2D eigenvalue weighted by Gasteiger charge is 2.51. The number of piperidine rings is 1. The van der Waals surface area contributed by atoms with E-state index in [-0.39, 0.29) is 29.8 Å². The molecule has 3 N–H and O–H groups in total. The maximum absolute atomic E-state index is 14.2. The number of carbonyl (C=O) groups is 2. The molecule has 3 heterocycles. The van der Waals surface area contributed by atoms with Gasteiger partial charge in [0.1, 0.15) is 29.7 Å². The third kappa shape index (κ3) is 6.69. The highest BCUT2D eigenvalue weighted by Crippen LogP contribution is 2.36. The van der Waals surface area contributed by atoms with Crippen LogP contribution >= 0.6 is 0 Å². The van der Waals surface area contributed by atoms with Crippen molar-refractivity contribution in [2.45, 2.75) is 31.1 Å². The summed E-state index contributed by atoms with van der Waals surface area (Å²) in [7, 11) is 1.72. The van der Waals surface area contributed by atoms with Crippen molar-refractivity contribution in [1.82, 2.24) is 20.2 Å². The van der Waals surface area contributed by atoms with Crippen molar-refractivity contribution in [3.05, 3.63) is 89.0 Å². The minimum atomic E-state index is -4.67. The van der Waals surface area contributed by atoms with Crippen LogP contribution in [0, 0.1) is 23.4 Å². The first kappa shape index (κ1) is 31.0. The van der Waals surface area contributed by atoms with Crippen LogP contribution in [0.1, 0.15) is 34.1 Å². The summed E-state index contributed by atoms with van der Waals surface area (Å²) in [5.74, 6) is -5.18. The predicted octanol–water partition coefficient (Wildman–Crippen LogP) is 4.22. The van der Waals surface area contributed by atoms with Crippen molar-refractivity contribution in [3.63, 3.8) is 0 Å². The molecule has 3 aromatic rings. The number of halogens is 6. The number of benzene rings is 2. The van der Waals surface area contributed by atoms with Gasteiger partial charge in [-0.2, -0.15) is 18.3 Å². The van der Waals surface area contributed by atoms with Gasteiger partial charge in [0.25, 0.3) is 5.91 Å². The number of hydrogen-bond acceptors (Lipinski definition) is 6. The molecule has 14 heteroatoms. The lowest BCUT2D eigenvalue weighted by Gasteiger charge is -2.36. The Kier molecular flexibility index (Phi) is 8.64. The van der Waals surface area contributed by atoms with Crippen LogP contribution in [0.5, 0.6) is 0 Å². The molecular formula is C30H28F6N6O2. The van der Waals surface area contributed by atoms with Crippen molar-refractivity contribution < 1.29 is 35.9 Å². The molecule has 44 heavy (non-hydrogen) atoms. The summed E-state index contributed by atoms with van der Waals surface area (Å²) in [5.41, 5.74) is 5.02. The average molecular weight is 619 g/mol. The lowest BCUT2D eigenvalue weighted by molar-refractivity contribution is -0.123. The second-order valence-electron chi connectivity index (χ2n) is 10.9. The smallest absolute Gasteiger partial charge is 0.366 e. The van der Waals surface area contributed by atoms with E-state index < -0.39 is 65.7 Å². The second-order valence-corrected chi connectivity index (χ2v) is 10.9. The van der Waals surface area contributed by atoms with Crippen LogP contribution < -0.4 is 11.1 Å². The highest BCUT2D eigenvalue weighted by atomic mass is 19.4. The summed E-state index contributed by atoms with van der Waals surface area (Å²) < 4.78 is 83.9. The standard InChI is InChI=1S/C30H28F6N6O2/c1-41-8-6-25-22(14-41)28(30(34,35)36)40-42(25)15-26(43)39-24(11-16-9-18(31)13-19(32)10-16)27-20(3-2-7-38-27)17-4-5-23(33)21(12-17)29(37)44/h2-5,7,9-10,12-13,22,24-25H,6,8,11,14-15H2,1H3,(H2,37,44)(H,39,43)/t22?,24-,25?/m0/s1. The van der Waals surface area contributed by atoms with Crippen LogP contribution in [-0.2, 0) is 11.2 Å². The Morgan fingerprint density at radius 3 is 2.50 bits per heavy atom. The first-order valence-electron chi connectivity index (χ1n) is 13.7. The number of nitrogens with one attached hydrogen (secondary N) is 1. The van der Waals surface area contributed by atoms with Gasteiger partial charge in [-0.1, -0.05) is 12.1 Å². The van der Waals surface area contributed by atoms with Gasteiger partial charge in [0.2, 0.25) is 5.91 Å². The Bertz CT molecular complexity index is 1590. The van der Waals surface area contributed by atoms with Crippen molar-refractivity contribution >= 4 is 17.5 Å². The molecule has 0 radical (unpaired) electrons. The van der Waals surface area contributed by atoms with Crippen LogP contribution in [0.2, 0.25) is 0 Å². The summed E-state index contributed by atoms with van der Waals surface area (Å²) in [5, 5.41) is 7.70. The number of likely N-dealkylation sites (tertiary alicyclic amines) is 1. The number of hydrogen-bond donors (Lipinski definition) is 2. The molecule has 1 aromatic heterocycles. The Hall–Kier alpha value is -4.46. The number of carbonyl (C=O) groups excluding carboxylic acids is 2. The minimum absolute atomic E-state index is 0.136. The van der Waals surface area contributed by atoms with Gasteiger partial charge in [-0.25, -0.2) is 13.2 Å². The molecule has 0 aliphatic carbocycles. The Balaban J connectivity index is 1.48. The Labute approximate surface area is 248 Å². The number of primary amides is 1. The monoisotopic (exact) mass is 618 g/mol. The van der Waals surface area contributed by atoms with Gasteiger partial charge in [-0.15, -0.1) is 0 Å². The summed E-state index contributed by atoms with van der Waals surface area (Å²) in [6.07, 6.45) is -3.06. The molecule has 2 amide bonds. The number of alkyl halides is 3.